The molecule has 2 unspecified atom stereocenters. The molecule has 1 heterocycles. The van der Waals surface area contributed by atoms with Gasteiger partial charge in [-0.05, 0) is 31.5 Å². The van der Waals surface area contributed by atoms with E-state index in [1.165, 1.54) is 12.1 Å². The maximum absolute atomic E-state index is 14.0. The Bertz CT molecular complexity index is 465. The third-order valence-electron chi connectivity index (χ3n) is 3.68. The van der Waals surface area contributed by atoms with E-state index in [0.717, 1.165) is 19.5 Å². The predicted molar refractivity (Wildman–Crippen MR) is 72.5 cm³/mol. The van der Waals surface area contributed by atoms with E-state index in [9.17, 15) is 13.9 Å². The Morgan fingerprint density at radius 1 is 1.45 bits per heavy atom. The van der Waals surface area contributed by atoms with Crippen LogP contribution in [-0.2, 0) is 4.74 Å². The minimum atomic E-state index is -1.28. The highest BCUT2D eigenvalue weighted by Crippen LogP contribution is 2.28. The average molecular weight is 285 g/mol. The number of hydrogen-bond donors (Lipinski definition) is 1. The van der Waals surface area contributed by atoms with Crippen LogP contribution in [0.25, 0.3) is 0 Å². The number of halogens is 2. The van der Waals surface area contributed by atoms with Crippen LogP contribution in [0.5, 0.6) is 0 Å². The largest absolute Gasteiger partial charge is 0.385 e. The lowest BCUT2D eigenvalue weighted by molar-refractivity contribution is -0.0916. The molecule has 1 aliphatic heterocycles. The summed E-state index contributed by atoms with van der Waals surface area (Å²) in [6.07, 6.45) is -0.883. The molecule has 0 aromatic heterocycles. The van der Waals surface area contributed by atoms with Crippen molar-refractivity contribution in [3.8, 4) is 0 Å². The quantitative estimate of drug-likeness (QED) is 0.922. The molecule has 0 amide bonds. The molecule has 0 saturated carbocycles. The first-order valence-electron chi connectivity index (χ1n) is 7.01. The molecule has 0 radical (unpaired) electrons. The van der Waals surface area contributed by atoms with Crippen molar-refractivity contribution in [3.05, 3.63) is 34.9 Å². The monoisotopic (exact) mass is 285 g/mol. The zero-order valence-electron chi connectivity index (χ0n) is 11.9. The molecule has 1 aromatic rings. The minimum absolute atomic E-state index is 0.284. The van der Waals surface area contributed by atoms with Crippen LogP contribution in [0.15, 0.2) is 12.1 Å². The van der Waals surface area contributed by atoms with Crippen molar-refractivity contribution in [3.63, 3.8) is 0 Å². The molecule has 0 bridgehead atoms. The third-order valence-corrected chi connectivity index (χ3v) is 3.68. The second-order valence-corrected chi connectivity index (χ2v) is 5.25. The van der Waals surface area contributed by atoms with Crippen LogP contribution in [0, 0.1) is 18.6 Å². The Hall–Kier alpha value is -1.04. The van der Waals surface area contributed by atoms with Gasteiger partial charge in [-0.1, -0.05) is 13.0 Å². The summed E-state index contributed by atoms with van der Waals surface area (Å²) in [5, 5.41) is 10.3. The number of hydrogen-bond acceptors (Lipinski definition) is 3. The van der Waals surface area contributed by atoms with E-state index in [-0.39, 0.29) is 5.56 Å². The third kappa shape index (κ3) is 3.16. The second kappa shape index (κ2) is 6.61. The summed E-state index contributed by atoms with van der Waals surface area (Å²) in [6, 6.07) is 2.55. The molecule has 1 N–H and O–H groups in total. The van der Waals surface area contributed by atoms with Gasteiger partial charge < -0.3 is 9.84 Å². The topological polar surface area (TPSA) is 32.7 Å². The van der Waals surface area contributed by atoms with Gasteiger partial charge in [-0.15, -0.1) is 0 Å². The SMILES string of the molecule is CCCN1CCOC(C(O)c2c(F)ccc(C)c2F)C1. The van der Waals surface area contributed by atoms with Gasteiger partial charge in [-0.25, -0.2) is 8.78 Å². The molecular weight excluding hydrogens is 264 g/mol. The fourth-order valence-electron chi connectivity index (χ4n) is 2.58. The van der Waals surface area contributed by atoms with Gasteiger partial charge in [0, 0.05) is 13.1 Å². The molecule has 1 aromatic carbocycles. The Balaban J connectivity index is 2.18. The van der Waals surface area contributed by atoms with Gasteiger partial charge in [0.1, 0.15) is 23.8 Å². The van der Waals surface area contributed by atoms with E-state index in [0.29, 0.717) is 18.7 Å². The molecule has 112 valence electrons. The summed E-state index contributed by atoms with van der Waals surface area (Å²) in [5.74, 6) is -1.41. The smallest absolute Gasteiger partial charge is 0.134 e. The number of nitrogens with zero attached hydrogens (tertiary/aromatic N) is 1. The van der Waals surface area contributed by atoms with E-state index >= 15 is 0 Å². The van der Waals surface area contributed by atoms with Crippen molar-refractivity contribution in [1.29, 1.82) is 0 Å². The van der Waals surface area contributed by atoms with E-state index in [2.05, 4.69) is 11.8 Å². The van der Waals surface area contributed by atoms with Crippen molar-refractivity contribution < 1.29 is 18.6 Å². The molecule has 1 saturated heterocycles. The minimum Gasteiger partial charge on any atom is -0.385 e. The molecule has 1 aliphatic rings. The Morgan fingerprint density at radius 2 is 2.20 bits per heavy atom. The van der Waals surface area contributed by atoms with E-state index in [1.54, 1.807) is 6.92 Å². The zero-order chi connectivity index (χ0) is 14.7. The van der Waals surface area contributed by atoms with Crippen molar-refractivity contribution >= 4 is 0 Å². The predicted octanol–water partition coefficient (Wildman–Crippen LogP) is 2.42. The maximum Gasteiger partial charge on any atom is 0.134 e. The molecule has 3 nitrogen and oxygen atoms in total. The first-order chi connectivity index (χ1) is 9.54. The normalized spacial score (nSPS) is 21.9. The molecular formula is C15H21F2NO2. The van der Waals surface area contributed by atoms with Crippen molar-refractivity contribution in [2.24, 2.45) is 0 Å². The average Bonchev–Trinajstić information content (AvgIpc) is 2.44. The van der Waals surface area contributed by atoms with Crippen molar-refractivity contribution in [2.75, 3.05) is 26.2 Å². The van der Waals surface area contributed by atoms with Crippen LogP contribution >= 0.6 is 0 Å². The molecule has 0 spiro atoms. The van der Waals surface area contributed by atoms with Crippen LogP contribution in [-0.4, -0.2) is 42.4 Å². The fourth-order valence-corrected chi connectivity index (χ4v) is 2.58. The van der Waals surface area contributed by atoms with Crippen LogP contribution in [0.4, 0.5) is 8.78 Å². The molecule has 1 fully saturated rings. The highest BCUT2D eigenvalue weighted by molar-refractivity contribution is 5.29. The van der Waals surface area contributed by atoms with Crippen LogP contribution in [0.2, 0.25) is 0 Å². The number of rotatable bonds is 4. The standard InChI is InChI=1S/C15H21F2NO2/c1-3-6-18-7-8-20-12(9-18)15(19)13-11(16)5-4-10(2)14(13)17/h4-5,12,15,19H,3,6-9H2,1-2H3. The highest BCUT2D eigenvalue weighted by Gasteiger charge is 2.31. The molecule has 20 heavy (non-hydrogen) atoms. The zero-order valence-corrected chi connectivity index (χ0v) is 11.9. The number of ether oxygens (including phenoxy) is 1. The fraction of sp³-hybridized carbons (Fsp3) is 0.600. The van der Waals surface area contributed by atoms with Gasteiger partial charge in [-0.3, -0.25) is 4.90 Å². The maximum atomic E-state index is 14.0. The lowest BCUT2D eigenvalue weighted by atomic mass is 9.99. The summed E-state index contributed by atoms with van der Waals surface area (Å²) in [6.45, 7) is 6.26. The van der Waals surface area contributed by atoms with E-state index in [1.807, 2.05) is 0 Å². The van der Waals surface area contributed by atoms with Crippen LogP contribution in [0.1, 0.15) is 30.6 Å². The summed E-state index contributed by atoms with van der Waals surface area (Å²) in [5.41, 5.74) is 0.0371. The van der Waals surface area contributed by atoms with Gasteiger partial charge in [0.2, 0.25) is 0 Å². The Labute approximate surface area is 118 Å². The molecule has 2 rings (SSSR count). The Kier molecular flexibility index (Phi) is 5.07. The lowest BCUT2D eigenvalue weighted by Gasteiger charge is -2.35. The van der Waals surface area contributed by atoms with Crippen LogP contribution < -0.4 is 0 Å². The van der Waals surface area contributed by atoms with E-state index < -0.39 is 23.8 Å². The van der Waals surface area contributed by atoms with Gasteiger partial charge in [0.25, 0.3) is 0 Å². The summed E-state index contributed by atoms with van der Waals surface area (Å²) in [7, 11) is 0. The molecule has 5 heteroatoms. The number of aliphatic hydroxyl groups excluding tert-OH is 1. The van der Waals surface area contributed by atoms with Gasteiger partial charge in [0.15, 0.2) is 0 Å². The van der Waals surface area contributed by atoms with Gasteiger partial charge in [-0.2, -0.15) is 0 Å². The van der Waals surface area contributed by atoms with Gasteiger partial charge >= 0.3 is 0 Å². The summed E-state index contributed by atoms with van der Waals surface area (Å²) < 4.78 is 33.4. The lowest BCUT2D eigenvalue weighted by Crippen LogP contribution is -2.45. The number of morpholine rings is 1. The summed E-state index contributed by atoms with van der Waals surface area (Å²) in [4.78, 5) is 2.14. The number of benzene rings is 1. The number of aliphatic hydroxyl groups is 1. The van der Waals surface area contributed by atoms with E-state index in [4.69, 9.17) is 4.74 Å². The number of aryl methyl sites for hydroxylation is 1. The first-order valence-corrected chi connectivity index (χ1v) is 7.01. The molecule has 0 aliphatic carbocycles. The Morgan fingerprint density at radius 3 is 2.90 bits per heavy atom. The highest BCUT2D eigenvalue weighted by atomic mass is 19.1. The second-order valence-electron chi connectivity index (χ2n) is 5.25. The van der Waals surface area contributed by atoms with Crippen molar-refractivity contribution in [1.82, 2.24) is 4.90 Å². The van der Waals surface area contributed by atoms with Crippen LogP contribution in [0.3, 0.4) is 0 Å². The molecule has 2 atom stereocenters. The summed E-state index contributed by atoms with van der Waals surface area (Å²) >= 11 is 0. The van der Waals surface area contributed by atoms with Gasteiger partial charge in [0.05, 0.1) is 12.2 Å². The van der Waals surface area contributed by atoms with Crippen molar-refractivity contribution in [2.45, 2.75) is 32.5 Å². The first kappa shape index (κ1) is 15.4.